The molecule has 0 unspecified atom stereocenters. The molecule has 1 aromatic rings. The van der Waals surface area contributed by atoms with Crippen molar-refractivity contribution in [2.24, 2.45) is 0 Å². The van der Waals surface area contributed by atoms with Crippen molar-refractivity contribution in [1.82, 2.24) is 20.2 Å². The molecule has 2 bridgehead atoms. The number of anilines is 1. The fourth-order valence-corrected chi connectivity index (χ4v) is 3.76. The molecule has 9 heteroatoms. The van der Waals surface area contributed by atoms with Gasteiger partial charge < -0.3 is 9.65 Å². The number of thioether (sulfide) groups is 1. The van der Waals surface area contributed by atoms with Gasteiger partial charge in [-0.15, -0.1) is 10.2 Å². The van der Waals surface area contributed by atoms with Crippen LogP contribution in [0.2, 0.25) is 6.82 Å². The van der Waals surface area contributed by atoms with E-state index >= 15 is 0 Å². The molecule has 2 aliphatic rings. The van der Waals surface area contributed by atoms with E-state index in [9.17, 15) is 4.39 Å². The second-order valence-corrected chi connectivity index (χ2v) is 6.51. The van der Waals surface area contributed by atoms with Gasteiger partial charge in [0.15, 0.2) is 5.82 Å². The predicted molar refractivity (Wildman–Crippen MR) is 86.1 cm³/mol. The largest absolute Gasteiger partial charge is 0.365 e. The lowest BCUT2D eigenvalue weighted by atomic mass is 9.95. The first-order chi connectivity index (χ1) is 10.7. The standard InChI is InChI=1S/C13H21BFN5OS/c1-14-21-20-8-4-5-9(20)12(15)10(6-8)19(2)11-7-16-13(22-3)18-17-11/h7-10,12,14H,4-6H2,1-3H3/t8-,9+,10-,12+/m1/s1. The van der Waals surface area contributed by atoms with Crippen molar-refractivity contribution in [2.45, 2.75) is 55.5 Å². The van der Waals surface area contributed by atoms with Gasteiger partial charge in [0.05, 0.1) is 18.3 Å². The monoisotopic (exact) mass is 325 g/mol. The van der Waals surface area contributed by atoms with Crippen molar-refractivity contribution in [2.75, 3.05) is 18.2 Å². The Kier molecular flexibility index (Phi) is 4.84. The van der Waals surface area contributed by atoms with Gasteiger partial charge in [0.2, 0.25) is 5.16 Å². The summed E-state index contributed by atoms with van der Waals surface area (Å²) in [5.74, 6) is 0.620. The van der Waals surface area contributed by atoms with Gasteiger partial charge in [-0.2, -0.15) is 5.06 Å². The van der Waals surface area contributed by atoms with Crippen LogP contribution in [0.5, 0.6) is 0 Å². The molecular weight excluding hydrogens is 304 g/mol. The Morgan fingerprint density at radius 3 is 2.91 bits per heavy atom. The number of aromatic nitrogens is 3. The molecule has 2 saturated heterocycles. The maximum atomic E-state index is 15.0. The van der Waals surface area contributed by atoms with E-state index in [1.54, 1.807) is 6.20 Å². The van der Waals surface area contributed by atoms with Crippen LogP contribution >= 0.6 is 11.8 Å². The smallest absolute Gasteiger partial charge is 0.301 e. The minimum Gasteiger partial charge on any atom is -0.365 e. The van der Waals surface area contributed by atoms with Gasteiger partial charge in [-0.25, -0.2) is 9.37 Å². The van der Waals surface area contributed by atoms with Gasteiger partial charge in [-0.1, -0.05) is 18.6 Å². The Hall–Kier alpha value is -0.925. The summed E-state index contributed by atoms with van der Waals surface area (Å²) in [6.07, 6.45) is 5.19. The zero-order valence-electron chi connectivity index (χ0n) is 13.1. The first-order valence-corrected chi connectivity index (χ1v) is 8.90. The molecule has 0 saturated carbocycles. The average molecular weight is 325 g/mol. The summed E-state index contributed by atoms with van der Waals surface area (Å²) >= 11 is 1.44. The van der Waals surface area contributed by atoms with E-state index in [2.05, 4.69) is 15.2 Å². The number of halogens is 1. The van der Waals surface area contributed by atoms with Crippen molar-refractivity contribution < 1.29 is 9.15 Å². The molecule has 6 nitrogen and oxygen atoms in total. The van der Waals surface area contributed by atoms with Crippen LogP contribution in [0, 0.1) is 0 Å². The molecule has 0 amide bonds. The lowest BCUT2D eigenvalue weighted by Gasteiger charge is -2.43. The predicted octanol–water partition coefficient (Wildman–Crippen LogP) is 1.30. The molecule has 22 heavy (non-hydrogen) atoms. The van der Waals surface area contributed by atoms with Crippen LogP contribution in [-0.2, 0) is 4.76 Å². The third-order valence-corrected chi connectivity index (χ3v) is 5.13. The van der Waals surface area contributed by atoms with Gasteiger partial charge >= 0.3 is 7.48 Å². The Morgan fingerprint density at radius 1 is 1.45 bits per heavy atom. The fraction of sp³-hybridized carbons (Fsp3) is 0.769. The van der Waals surface area contributed by atoms with E-state index in [1.165, 1.54) is 11.8 Å². The van der Waals surface area contributed by atoms with Crippen LogP contribution in [0.15, 0.2) is 11.4 Å². The summed E-state index contributed by atoms with van der Waals surface area (Å²) < 4.78 is 20.6. The Morgan fingerprint density at radius 2 is 2.27 bits per heavy atom. The van der Waals surface area contributed by atoms with Crippen molar-refractivity contribution in [3.8, 4) is 0 Å². The van der Waals surface area contributed by atoms with Crippen LogP contribution in [-0.4, -0.2) is 65.3 Å². The van der Waals surface area contributed by atoms with E-state index in [4.69, 9.17) is 4.76 Å². The third-order valence-electron chi connectivity index (χ3n) is 4.58. The van der Waals surface area contributed by atoms with Crippen LogP contribution in [0.4, 0.5) is 10.2 Å². The van der Waals surface area contributed by atoms with Crippen LogP contribution in [0.25, 0.3) is 0 Å². The molecule has 3 heterocycles. The summed E-state index contributed by atoms with van der Waals surface area (Å²) in [7, 11) is 2.46. The van der Waals surface area contributed by atoms with E-state index in [1.807, 2.05) is 30.1 Å². The van der Waals surface area contributed by atoms with Gasteiger partial charge in [0.25, 0.3) is 0 Å². The lowest BCUT2D eigenvalue weighted by Crippen LogP contribution is -2.57. The Labute approximate surface area is 135 Å². The molecule has 4 atom stereocenters. The molecule has 0 aromatic carbocycles. The maximum absolute atomic E-state index is 15.0. The highest BCUT2D eigenvalue weighted by Gasteiger charge is 2.49. The van der Waals surface area contributed by atoms with E-state index in [-0.39, 0.29) is 18.1 Å². The van der Waals surface area contributed by atoms with Crippen molar-refractivity contribution >= 4 is 25.1 Å². The summed E-state index contributed by atoms with van der Waals surface area (Å²) in [6.45, 7) is 1.94. The molecule has 0 radical (unpaired) electrons. The molecule has 0 aliphatic carbocycles. The van der Waals surface area contributed by atoms with Crippen LogP contribution in [0.3, 0.4) is 0 Å². The second kappa shape index (κ2) is 6.68. The number of nitrogens with zero attached hydrogens (tertiary/aromatic N) is 5. The molecule has 3 rings (SSSR count). The highest BCUT2D eigenvalue weighted by Crippen LogP contribution is 2.39. The van der Waals surface area contributed by atoms with E-state index < -0.39 is 6.17 Å². The van der Waals surface area contributed by atoms with Crippen LogP contribution in [0.1, 0.15) is 19.3 Å². The van der Waals surface area contributed by atoms with E-state index in [0.717, 1.165) is 19.3 Å². The second-order valence-electron chi connectivity index (χ2n) is 5.74. The summed E-state index contributed by atoms with van der Waals surface area (Å²) in [5.41, 5.74) is 0. The minimum atomic E-state index is -0.961. The zero-order valence-corrected chi connectivity index (χ0v) is 14.0. The number of alkyl halides is 1. The highest BCUT2D eigenvalue weighted by atomic mass is 32.2. The third kappa shape index (κ3) is 2.81. The lowest BCUT2D eigenvalue weighted by molar-refractivity contribution is -0.144. The first-order valence-electron chi connectivity index (χ1n) is 7.67. The molecular formula is C13H21BFN5OS. The average Bonchev–Trinajstić information content (AvgIpc) is 2.85. The minimum absolute atomic E-state index is 0.155. The van der Waals surface area contributed by atoms with Crippen molar-refractivity contribution in [3.05, 3.63) is 6.20 Å². The Bertz CT molecular complexity index is 510. The fourth-order valence-electron chi connectivity index (χ4n) is 3.48. The summed E-state index contributed by atoms with van der Waals surface area (Å²) in [6, 6.07) is -0.0706. The molecule has 0 spiro atoms. The topological polar surface area (TPSA) is 54.4 Å². The zero-order chi connectivity index (χ0) is 15.7. The maximum Gasteiger partial charge on any atom is 0.301 e. The SMILES string of the molecule is CBON1[C@@H]2CC[C@H]1[C@H](F)[C@H](N(C)c1cnc(SC)nn1)C2. The van der Waals surface area contributed by atoms with Gasteiger partial charge in [-0.3, -0.25) is 0 Å². The van der Waals surface area contributed by atoms with Crippen molar-refractivity contribution in [3.63, 3.8) is 0 Å². The number of piperidine rings is 1. The van der Waals surface area contributed by atoms with Gasteiger partial charge in [0.1, 0.15) is 6.17 Å². The Balaban J connectivity index is 1.74. The van der Waals surface area contributed by atoms with Gasteiger partial charge in [-0.05, 0) is 25.5 Å². The number of fused-ring (bicyclic) bond motifs is 2. The first kappa shape index (κ1) is 16.0. The number of hydrogen-bond donors (Lipinski definition) is 0. The summed E-state index contributed by atoms with van der Waals surface area (Å²) in [5, 5.41) is 10.7. The van der Waals surface area contributed by atoms with E-state index in [0.29, 0.717) is 18.5 Å². The molecule has 120 valence electrons. The number of rotatable bonds is 5. The molecule has 2 aliphatic heterocycles. The summed E-state index contributed by atoms with van der Waals surface area (Å²) in [4.78, 5) is 6.10. The molecule has 0 N–H and O–H groups in total. The molecule has 2 fully saturated rings. The quantitative estimate of drug-likeness (QED) is 0.597. The molecule has 1 aromatic heterocycles. The normalized spacial score (nSPS) is 31.3. The van der Waals surface area contributed by atoms with Gasteiger partial charge in [0, 0.05) is 13.1 Å². The number of hydroxylamine groups is 2. The number of hydrogen-bond acceptors (Lipinski definition) is 7. The van der Waals surface area contributed by atoms with Crippen molar-refractivity contribution in [1.29, 1.82) is 0 Å². The van der Waals surface area contributed by atoms with Crippen LogP contribution < -0.4 is 4.90 Å². The highest BCUT2D eigenvalue weighted by molar-refractivity contribution is 7.98.